The predicted octanol–water partition coefficient (Wildman–Crippen LogP) is 0.0635. The topological polar surface area (TPSA) is 72.4 Å². The molecular formula is C11H21N3O. The van der Waals surface area contributed by atoms with Gasteiger partial charge in [-0.15, -0.1) is 0 Å². The first kappa shape index (κ1) is 10.9. The molecule has 15 heavy (non-hydrogen) atoms. The van der Waals surface area contributed by atoms with Crippen molar-refractivity contribution in [2.45, 2.75) is 44.2 Å². The van der Waals surface area contributed by atoms with E-state index in [0.717, 1.165) is 19.4 Å². The Bertz CT molecular complexity index is 244. The number of carbonyl (C=O) groups is 1. The molecule has 4 N–H and O–H groups in total. The Morgan fingerprint density at radius 1 is 1.33 bits per heavy atom. The van der Waals surface area contributed by atoms with Crippen LogP contribution in [0.1, 0.15) is 32.1 Å². The van der Waals surface area contributed by atoms with Crippen LogP contribution in [0, 0.1) is 5.92 Å². The second-order valence-electron chi connectivity index (χ2n) is 4.87. The van der Waals surface area contributed by atoms with E-state index < -0.39 is 0 Å². The monoisotopic (exact) mass is 211 g/mol. The highest BCUT2D eigenvalue weighted by atomic mass is 16.2. The smallest absolute Gasteiger partial charge is 0.223 e. The first-order valence-corrected chi connectivity index (χ1v) is 5.97. The van der Waals surface area contributed by atoms with Gasteiger partial charge < -0.3 is 16.4 Å². The van der Waals surface area contributed by atoms with E-state index in [1.54, 1.807) is 0 Å². The quantitative estimate of drug-likeness (QED) is 0.678. The van der Waals surface area contributed by atoms with E-state index in [4.69, 9.17) is 11.5 Å². The summed E-state index contributed by atoms with van der Waals surface area (Å²) in [6.45, 7) is 1.44. The van der Waals surface area contributed by atoms with Crippen molar-refractivity contribution < 1.29 is 4.79 Å². The van der Waals surface area contributed by atoms with Crippen LogP contribution in [0.5, 0.6) is 0 Å². The van der Waals surface area contributed by atoms with Crippen molar-refractivity contribution in [3.8, 4) is 0 Å². The number of carbonyl (C=O) groups excluding carboxylic acids is 1. The van der Waals surface area contributed by atoms with E-state index in [9.17, 15) is 4.79 Å². The number of likely N-dealkylation sites (tertiary alicyclic amines) is 1. The first-order valence-electron chi connectivity index (χ1n) is 5.97. The lowest BCUT2D eigenvalue weighted by molar-refractivity contribution is -0.130. The molecule has 2 fully saturated rings. The number of nitrogens with zero attached hydrogens (tertiary/aromatic N) is 1. The Balaban J connectivity index is 2.00. The summed E-state index contributed by atoms with van der Waals surface area (Å²) in [7, 11) is 0. The van der Waals surface area contributed by atoms with Crippen molar-refractivity contribution in [2.75, 3.05) is 13.1 Å². The van der Waals surface area contributed by atoms with E-state index in [2.05, 4.69) is 0 Å². The van der Waals surface area contributed by atoms with Gasteiger partial charge in [0.25, 0.3) is 0 Å². The summed E-state index contributed by atoms with van der Waals surface area (Å²) in [5.74, 6) is 0.611. The van der Waals surface area contributed by atoms with E-state index in [1.807, 2.05) is 4.90 Å². The van der Waals surface area contributed by atoms with Gasteiger partial charge in [0.15, 0.2) is 0 Å². The van der Waals surface area contributed by atoms with Crippen molar-refractivity contribution in [1.29, 1.82) is 0 Å². The van der Waals surface area contributed by atoms with Crippen LogP contribution in [0.2, 0.25) is 0 Å². The molecule has 4 heteroatoms. The Morgan fingerprint density at radius 3 is 2.67 bits per heavy atom. The average Bonchev–Trinajstić information content (AvgIpc) is 2.60. The standard InChI is InChI=1S/C11H21N3O/c12-6-8-5-11(15)14(7-8)10-4-2-1-3-9(10)13/h8-10H,1-7,12-13H2. The third-order valence-electron chi connectivity index (χ3n) is 3.75. The van der Waals surface area contributed by atoms with Crippen molar-refractivity contribution in [3.63, 3.8) is 0 Å². The third kappa shape index (κ3) is 2.16. The molecule has 1 saturated carbocycles. The van der Waals surface area contributed by atoms with Gasteiger partial charge in [0.05, 0.1) is 0 Å². The molecule has 0 radical (unpaired) electrons. The number of hydrogen-bond acceptors (Lipinski definition) is 3. The van der Waals surface area contributed by atoms with Gasteiger partial charge in [-0.25, -0.2) is 0 Å². The van der Waals surface area contributed by atoms with Crippen molar-refractivity contribution in [1.82, 2.24) is 4.90 Å². The number of nitrogens with two attached hydrogens (primary N) is 2. The van der Waals surface area contributed by atoms with Crippen molar-refractivity contribution >= 4 is 5.91 Å². The molecule has 1 aliphatic heterocycles. The van der Waals surface area contributed by atoms with Crippen LogP contribution >= 0.6 is 0 Å². The average molecular weight is 211 g/mol. The van der Waals surface area contributed by atoms with E-state index in [1.165, 1.54) is 12.8 Å². The lowest BCUT2D eigenvalue weighted by Gasteiger charge is -2.36. The summed E-state index contributed by atoms with van der Waals surface area (Å²) in [4.78, 5) is 13.8. The maximum Gasteiger partial charge on any atom is 0.223 e. The molecule has 1 saturated heterocycles. The van der Waals surface area contributed by atoms with Gasteiger partial charge in [0.1, 0.15) is 0 Å². The molecule has 0 spiro atoms. The summed E-state index contributed by atoms with van der Waals surface area (Å²) in [5, 5.41) is 0. The molecular weight excluding hydrogens is 190 g/mol. The van der Waals surface area contributed by atoms with E-state index in [-0.39, 0.29) is 18.0 Å². The lowest BCUT2D eigenvalue weighted by Crippen LogP contribution is -2.50. The zero-order valence-corrected chi connectivity index (χ0v) is 9.19. The minimum absolute atomic E-state index is 0.180. The lowest BCUT2D eigenvalue weighted by atomic mass is 9.90. The molecule has 0 aromatic carbocycles. The number of rotatable bonds is 2. The molecule has 0 aromatic rings. The molecule has 4 nitrogen and oxygen atoms in total. The van der Waals surface area contributed by atoms with Gasteiger partial charge >= 0.3 is 0 Å². The molecule has 2 aliphatic rings. The molecule has 1 aliphatic carbocycles. The fourth-order valence-corrected chi connectivity index (χ4v) is 2.81. The molecule has 2 rings (SSSR count). The van der Waals surface area contributed by atoms with Gasteiger partial charge in [0.2, 0.25) is 5.91 Å². The summed E-state index contributed by atoms with van der Waals surface area (Å²) >= 11 is 0. The zero-order valence-electron chi connectivity index (χ0n) is 9.19. The third-order valence-corrected chi connectivity index (χ3v) is 3.75. The van der Waals surface area contributed by atoms with Crippen LogP contribution in [-0.2, 0) is 4.79 Å². The zero-order chi connectivity index (χ0) is 10.8. The maximum absolute atomic E-state index is 11.8. The van der Waals surface area contributed by atoms with E-state index in [0.29, 0.717) is 18.9 Å². The highest BCUT2D eigenvalue weighted by Crippen LogP contribution is 2.27. The molecule has 3 unspecified atom stereocenters. The minimum atomic E-state index is 0.180. The summed E-state index contributed by atoms with van der Waals surface area (Å²) in [6.07, 6.45) is 5.17. The Kier molecular flexibility index (Phi) is 3.26. The second-order valence-corrected chi connectivity index (χ2v) is 4.87. The van der Waals surface area contributed by atoms with Gasteiger partial charge in [-0.2, -0.15) is 0 Å². The molecule has 0 bridgehead atoms. The van der Waals surface area contributed by atoms with Crippen LogP contribution in [0.3, 0.4) is 0 Å². The van der Waals surface area contributed by atoms with Crippen LogP contribution in [0.25, 0.3) is 0 Å². The van der Waals surface area contributed by atoms with Gasteiger partial charge in [-0.05, 0) is 25.3 Å². The van der Waals surface area contributed by atoms with Gasteiger partial charge in [-0.3, -0.25) is 4.79 Å². The van der Waals surface area contributed by atoms with Gasteiger partial charge in [0, 0.05) is 25.0 Å². The maximum atomic E-state index is 11.8. The van der Waals surface area contributed by atoms with Crippen molar-refractivity contribution in [3.05, 3.63) is 0 Å². The van der Waals surface area contributed by atoms with Crippen LogP contribution in [0.4, 0.5) is 0 Å². The first-order chi connectivity index (χ1) is 7.22. The SMILES string of the molecule is NCC1CC(=O)N(C2CCCCC2N)C1. The molecule has 86 valence electrons. The highest BCUT2D eigenvalue weighted by molar-refractivity contribution is 5.79. The second kappa shape index (κ2) is 4.49. The summed E-state index contributed by atoms with van der Waals surface area (Å²) < 4.78 is 0. The molecule has 1 amide bonds. The Morgan fingerprint density at radius 2 is 2.07 bits per heavy atom. The largest absolute Gasteiger partial charge is 0.338 e. The predicted molar refractivity (Wildman–Crippen MR) is 59.1 cm³/mol. The Hall–Kier alpha value is -0.610. The molecule has 3 atom stereocenters. The molecule has 0 aromatic heterocycles. The fourth-order valence-electron chi connectivity index (χ4n) is 2.81. The van der Waals surface area contributed by atoms with E-state index >= 15 is 0 Å². The van der Waals surface area contributed by atoms with Crippen molar-refractivity contribution in [2.24, 2.45) is 17.4 Å². The van der Waals surface area contributed by atoms with Crippen LogP contribution < -0.4 is 11.5 Å². The number of amides is 1. The fraction of sp³-hybridized carbons (Fsp3) is 0.909. The summed E-state index contributed by atoms with van der Waals surface area (Å²) in [6, 6.07) is 0.460. The Labute approximate surface area is 91.0 Å². The van der Waals surface area contributed by atoms with Crippen LogP contribution in [-0.4, -0.2) is 36.0 Å². The van der Waals surface area contributed by atoms with Crippen LogP contribution in [0.15, 0.2) is 0 Å². The van der Waals surface area contributed by atoms with Gasteiger partial charge in [-0.1, -0.05) is 12.8 Å². The minimum Gasteiger partial charge on any atom is -0.338 e. The summed E-state index contributed by atoms with van der Waals surface area (Å²) in [5.41, 5.74) is 11.7. The highest BCUT2D eigenvalue weighted by Gasteiger charge is 2.36. The number of hydrogen-bond donors (Lipinski definition) is 2. The molecule has 1 heterocycles. The normalized spacial score (nSPS) is 37.3.